The molecule has 8 N–H and O–H groups in total. The van der Waals surface area contributed by atoms with E-state index in [1.165, 1.54) is 31.2 Å². The molecule has 0 radical (unpaired) electrons. The molecule has 3 amide bonds. The predicted molar refractivity (Wildman–Crippen MR) is 121 cm³/mol. The van der Waals surface area contributed by atoms with Crippen molar-refractivity contribution < 1.29 is 39.3 Å². The van der Waals surface area contributed by atoms with E-state index in [-0.39, 0.29) is 24.5 Å². The lowest BCUT2D eigenvalue weighted by atomic mass is 10.0. The van der Waals surface area contributed by atoms with E-state index >= 15 is 0 Å². The third-order valence-electron chi connectivity index (χ3n) is 4.81. The first kappa shape index (κ1) is 28.4. The monoisotopic (exact) mass is 480 g/mol. The maximum absolute atomic E-state index is 12.7. The van der Waals surface area contributed by atoms with Crippen LogP contribution in [0.15, 0.2) is 24.3 Å². The Bertz CT molecular complexity index is 887. The van der Waals surface area contributed by atoms with Crippen molar-refractivity contribution in [1.82, 2.24) is 16.0 Å². The highest BCUT2D eigenvalue weighted by Crippen LogP contribution is 2.12. The van der Waals surface area contributed by atoms with Crippen LogP contribution in [0.5, 0.6) is 5.75 Å². The van der Waals surface area contributed by atoms with Crippen LogP contribution in [0.3, 0.4) is 0 Å². The van der Waals surface area contributed by atoms with E-state index in [0.717, 1.165) is 0 Å². The molecule has 0 aromatic heterocycles. The number of carboxylic acid groups (broad SMARTS) is 2. The molecule has 4 unspecified atom stereocenters. The molecule has 1 aromatic carbocycles. The zero-order chi connectivity index (χ0) is 26.0. The first-order chi connectivity index (χ1) is 15.8. The standard InChI is InChI=1S/C22H32N4O8/c1-11(2)8-16(25-20(31)15(23)10-18(28)29)21(32)24-12(3)19(30)26-17(22(33)34)9-13-4-6-14(27)7-5-13/h4-7,11-12,15-17,27H,8-10,23H2,1-3H3,(H,24,32)(H,25,31)(H,26,30)(H,28,29)(H,33,34). The van der Waals surface area contributed by atoms with Crippen molar-refractivity contribution >= 4 is 29.7 Å². The molecule has 0 aliphatic rings. The Labute approximate surface area is 196 Å². The van der Waals surface area contributed by atoms with Gasteiger partial charge in [-0.25, -0.2) is 4.79 Å². The van der Waals surface area contributed by atoms with Crippen molar-refractivity contribution in [3.05, 3.63) is 29.8 Å². The van der Waals surface area contributed by atoms with Gasteiger partial charge < -0.3 is 37.0 Å². The second-order valence-corrected chi connectivity index (χ2v) is 8.40. The highest BCUT2D eigenvalue weighted by atomic mass is 16.4. The molecule has 0 spiro atoms. The molecule has 12 nitrogen and oxygen atoms in total. The maximum atomic E-state index is 12.7. The van der Waals surface area contributed by atoms with Crippen LogP contribution in [0.2, 0.25) is 0 Å². The van der Waals surface area contributed by atoms with E-state index in [1.807, 2.05) is 0 Å². The van der Waals surface area contributed by atoms with Gasteiger partial charge in [0, 0.05) is 6.42 Å². The van der Waals surface area contributed by atoms with E-state index in [4.69, 9.17) is 10.8 Å². The maximum Gasteiger partial charge on any atom is 0.326 e. The van der Waals surface area contributed by atoms with Gasteiger partial charge in [0.05, 0.1) is 12.5 Å². The molecule has 188 valence electrons. The summed E-state index contributed by atoms with van der Waals surface area (Å²) in [6, 6.07) is 1.000. The number of phenols is 1. The SMILES string of the molecule is CC(C)CC(NC(=O)C(N)CC(=O)O)C(=O)NC(C)C(=O)NC(Cc1ccc(O)cc1)C(=O)O. The quantitative estimate of drug-likeness (QED) is 0.191. The van der Waals surface area contributed by atoms with Crippen molar-refractivity contribution in [2.24, 2.45) is 11.7 Å². The van der Waals surface area contributed by atoms with Crippen LogP contribution < -0.4 is 21.7 Å². The van der Waals surface area contributed by atoms with Gasteiger partial charge >= 0.3 is 11.9 Å². The highest BCUT2D eigenvalue weighted by molar-refractivity contribution is 5.94. The Kier molecular flexibility index (Phi) is 11.0. The lowest BCUT2D eigenvalue weighted by Gasteiger charge is -2.24. The van der Waals surface area contributed by atoms with Gasteiger partial charge in [0.2, 0.25) is 17.7 Å². The van der Waals surface area contributed by atoms with E-state index in [0.29, 0.717) is 5.56 Å². The number of benzene rings is 1. The molecule has 0 heterocycles. The number of amides is 3. The molecule has 1 aromatic rings. The molecule has 34 heavy (non-hydrogen) atoms. The number of rotatable bonds is 13. The molecule has 0 saturated carbocycles. The molecule has 12 heteroatoms. The third kappa shape index (κ3) is 9.86. The second-order valence-electron chi connectivity index (χ2n) is 8.40. The average Bonchev–Trinajstić information content (AvgIpc) is 2.73. The summed E-state index contributed by atoms with van der Waals surface area (Å²) >= 11 is 0. The lowest BCUT2D eigenvalue weighted by molar-refractivity contribution is -0.142. The van der Waals surface area contributed by atoms with Gasteiger partial charge in [-0.15, -0.1) is 0 Å². The topological polar surface area (TPSA) is 208 Å². The number of phenolic OH excluding ortho intramolecular Hbond substituents is 1. The summed E-state index contributed by atoms with van der Waals surface area (Å²) in [5.74, 6) is -4.83. The number of aromatic hydroxyl groups is 1. The molecular weight excluding hydrogens is 448 g/mol. The third-order valence-corrected chi connectivity index (χ3v) is 4.81. The van der Waals surface area contributed by atoms with Crippen molar-refractivity contribution in [1.29, 1.82) is 0 Å². The number of hydrogen-bond acceptors (Lipinski definition) is 7. The van der Waals surface area contributed by atoms with Crippen molar-refractivity contribution in [3.8, 4) is 5.75 Å². The van der Waals surface area contributed by atoms with Crippen molar-refractivity contribution in [2.75, 3.05) is 0 Å². The van der Waals surface area contributed by atoms with E-state index in [9.17, 15) is 34.2 Å². The lowest BCUT2D eigenvalue weighted by Crippen LogP contribution is -2.56. The normalized spacial score (nSPS) is 14.4. The van der Waals surface area contributed by atoms with Crippen LogP contribution >= 0.6 is 0 Å². The molecule has 1 rings (SSSR count). The van der Waals surface area contributed by atoms with Crippen LogP contribution in [0.25, 0.3) is 0 Å². The minimum Gasteiger partial charge on any atom is -0.508 e. The largest absolute Gasteiger partial charge is 0.508 e. The Morgan fingerprint density at radius 1 is 0.853 bits per heavy atom. The number of aliphatic carboxylic acids is 2. The number of nitrogens with two attached hydrogens (primary N) is 1. The van der Waals surface area contributed by atoms with Crippen LogP contribution in [0, 0.1) is 5.92 Å². The molecule has 0 fully saturated rings. The summed E-state index contributed by atoms with van der Waals surface area (Å²) in [4.78, 5) is 59.8. The zero-order valence-corrected chi connectivity index (χ0v) is 19.3. The summed E-state index contributed by atoms with van der Waals surface area (Å²) in [6.45, 7) is 4.97. The minimum atomic E-state index is -1.35. The summed E-state index contributed by atoms with van der Waals surface area (Å²) in [5, 5.41) is 34.8. The summed E-state index contributed by atoms with van der Waals surface area (Å²) < 4.78 is 0. The predicted octanol–water partition coefficient (Wildman–Crippen LogP) is -0.658. The van der Waals surface area contributed by atoms with E-state index in [2.05, 4.69) is 16.0 Å². The fraction of sp³-hybridized carbons (Fsp3) is 0.500. The van der Waals surface area contributed by atoms with Crippen LogP contribution in [0.1, 0.15) is 39.2 Å². The molecule has 0 aliphatic carbocycles. The number of carbonyl (C=O) groups excluding carboxylic acids is 3. The van der Waals surface area contributed by atoms with Gasteiger partial charge in [0.15, 0.2) is 0 Å². The number of hydrogen-bond donors (Lipinski definition) is 7. The average molecular weight is 481 g/mol. The molecule has 0 aliphatic heterocycles. The van der Waals surface area contributed by atoms with Crippen molar-refractivity contribution in [3.63, 3.8) is 0 Å². The second kappa shape index (κ2) is 13.1. The summed E-state index contributed by atoms with van der Waals surface area (Å²) in [7, 11) is 0. The smallest absolute Gasteiger partial charge is 0.326 e. The Morgan fingerprint density at radius 3 is 1.91 bits per heavy atom. The van der Waals surface area contributed by atoms with Gasteiger partial charge in [0.1, 0.15) is 23.9 Å². The molecule has 0 bridgehead atoms. The van der Waals surface area contributed by atoms with Crippen LogP contribution in [-0.4, -0.2) is 69.1 Å². The fourth-order valence-corrected chi connectivity index (χ4v) is 3.01. The number of carbonyl (C=O) groups is 5. The highest BCUT2D eigenvalue weighted by Gasteiger charge is 2.29. The van der Waals surface area contributed by atoms with Gasteiger partial charge in [-0.2, -0.15) is 0 Å². The zero-order valence-electron chi connectivity index (χ0n) is 19.3. The molecule has 0 saturated heterocycles. The molecule has 4 atom stereocenters. The van der Waals surface area contributed by atoms with Gasteiger partial charge in [-0.05, 0) is 37.0 Å². The van der Waals surface area contributed by atoms with Gasteiger partial charge in [-0.1, -0.05) is 26.0 Å². The first-order valence-corrected chi connectivity index (χ1v) is 10.7. The van der Waals surface area contributed by atoms with Gasteiger partial charge in [0.25, 0.3) is 0 Å². The molecular formula is C22H32N4O8. The van der Waals surface area contributed by atoms with Crippen LogP contribution in [-0.2, 0) is 30.4 Å². The summed E-state index contributed by atoms with van der Waals surface area (Å²) in [5.41, 5.74) is 6.11. The summed E-state index contributed by atoms with van der Waals surface area (Å²) in [6.07, 6.45) is -0.460. The number of carboxylic acids is 2. The van der Waals surface area contributed by atoms with Gasteiger partial charge in [-0.3, -0.25) is 19.2 Å². The van der Waals surface area contributed by atoms with E-state index in [1.54, 1.807) is 13.8 Å². The first-order valence-electron chi connectivity index (χ1n) is 10.7. The van der Waals surface area contributed by atoms with Crippen LogP contribution in [0.4, 0.5) is 0 Å². The Hall–Kier alpha value is -3.67. The van der Waals surface area contributed by atoms with Crippen molar-refractivity contribution in [2.45, 2.75) is 64.2 Å². The van der Waals surface area contributed by atoms with E-state index < -0.39 is 60.2 Å². The minimum absolute atomic E-state index is 0.0166. The fourth-order valence-electron chi connectivity index (χ4n) is 3.01. The Morgan fingerprint density at radius 2 is 1.41 bits per heavy atom. The number of nitrogens with one attached hydrogen (secondary N) is 3. The Balaban J connectivity index is 2.80.